The lowest BCUT2D eigenvalue weighted by Gasteiger charge is -2.15. The van der Waals surface area contributed by atoms with Gasteiger partial charge in [0.2, 0.25) is 5.91 Å². The lowest BCUT2D eigenvalue weighted by atomic mass is 9.86. The summed E-state index contributed by atoms with van der Waals surface area (Å²) in [5.41, 5.74) is 3.31. The summed E-state index contributed by atoms with van der Waals surface area (Å²) in [6.07, 6.45) is 1.19. The summed E-state index contributed by atoms with van der Waals surface area (Å²) in [6.45, 7) is 5.36. The zero-order chi connectivity index (χ0) is 22.5. The molecule has 10 nitrogen and oxygen atoms in total. The molecule has 5 rings (SSSR count). The number of nitrogens with one attached hydrogen (secondary N) is 2. The maximum Gasteiger partial charge on any atom is 0.266 e. The van der Waals surface area contributed by atoms with Crippen LogP contribution in [0, 0.1) is 0 Å². The van der Waals surface area contributed by atoms with E-state index in [9.17, 15) is 9.18 Å². The van der Waals surface area contributed by atoms with Gasteiger partial charge in [-0.1, -0.05) is 6.07 Å². The van der Waals surface area contributed by atoms with Crippen molar-refractivity contribution in [2.45, 2.75) is 38.8 Å². The quantitative estimate of drug-likeness (QED) is 0.419. The predicted molar refractivity (Wildman–Crippen MR) is 115 cm³/mol. The Kier molecular flexibility index (Phi) is 4.70. The van der Waals surface area contributed by atoms with Crippen LogP contribution in [0.5, 0.6) is 0 Å². The summed E-state index contributed by atoms with van der Waals surface area (Å²) < 4.78 is 23.4. The summed E-state index contributed by atoms with van der Waals surface area (Å²) in [5, 5.41) is 10.1. The third-order valence-corrected chi connectivity index (χ3v) is 5.72. The van der Waals surface area contributed by atoms with Gasteiger partial charge in [0, 0.05) is 23.8 Å². The number of nitrogens with zero attached hydrogens (tertiary/aromatic N) is 5. The molecule has 11 heteroatoms. The van der Waals surface area contributed by atoms with Gasteiger partial charge in [0.25, 0.3) is 6.42 Å². The molecule has 2 aliphatic rings. The lowest BCUT2D eigenvalue weighted by Crippen LogP contribution is -2.32. The van der Waals surface area contributed by atoms with Gasteiger partial charge in [-0.25, -0.2) is 14.7 Å². The van der Waals surface area contributed by atoms with Crippen LogP contribution < -0.4 is 22.0 Å². The average molecular weight is 438 g/mol. The highest BCUT2D eigenvalue weighted by Gasteiger charge is 2.38. The van der Waals surface area contributed by atoms with E-state index in [-0.39, 0.29) is 11.4 Å². The molecule has 1 amide bonds. The molecule has 4 heterocycles. The molecule has 0 fully saturated rings. The second-order valence-corrected chi connectivity index (χ2v) is 8.25. The highest BCUT2D eigenvalue weighted by molar-refractivity contribution is 6.06. The number of rotatable bonds is 4. The van der Waals surface area contributed by atoms with E-state index in [0.717, 1.165) is 11.3 Å². The maximum absolute atomic E-state index is 15.0. The Hall–Kier alpha value is -3.73. The van der Waals surface area contributed by atoms with E-state index in [1.807, 2.05) is 24.6 Å². The van der Waals surface area contributed by atoms with Gasteiger partial charge in [-0.15, -0.1) is 0 Å². The fraction of sp³-hybridized carbons (Fsp3) is 0.333. The van der Waals surface area contributed by atoms with E-state index >= 15 is 0 Å². The van der Waals surface area contributed by atoms with Crippen molar-refractivity contribution in [3.8, 4) is 11.4 Å². The summed E-state index contributed by atoms with van der Waals surface area (Å²) in [5.74, 6) is 5.93. The number of anilines is 2. The number of fused-ring (bicyclic) bond motifs is 2. The summed E-state index contributed by atoms with van der Waals surface area (Å²) in [4.78, 5) is 20.6. The number of halogens is 1. The molecular weight excluding hydrogens is 415 g/mol. The monoisotopic (exact) mass is 438 g/mol. The van der Waals surface area contributed by atoms with Gasteiger partial charge in [-0.2, -0.15) is 9.49 Å². The molecule has 32 heavy (non-hydrogen) atoms. The van der Waals surface area contributed by atoms with Crippen molar-refractivity contribution < 1.29 is 13.9 Å². The summed E-state index contributed by atoms with van der Waals surface area (Å²) in [6, 6.07) is 7.05. The number of nitrogens with two attached hydrogens (primary N) is 1. The van der Waals surface area contributed by atoms with Crippen molar-refractivity contribution in [1.29, 1.82) is 0 Å². The molecule has 0 saturated heterocycles. The number of carbonyl (C=O) groups excluding carboxylic acids is 1. The number of benzene rings is 1. The van der Waals surface area contributed by atoms with Gasteiger partial charge in [-0.3, -0.25) is 9.48 Å². The second kappa shape index (κ2) is 7.45. The fourth-order valence-corrected chi connectivity index (χ4v) is 3.91. The first-order valence-electron chi connectivity index (χ1n) is 10.2. The van der Waals surface area contributed by atoms with Crippen molar-refractivity contribution in [2.75, 3.05) is 23.1 Å². The maximum atomic E-state index is 15.0. The van der Waals surface area contributed by atoms with Crippen molar-refractivity contribution in [3.05, 3.63) is 53.4 Å². The van der Waals surface area contributed by atoms with E-state index in [1.54, 1.807) is 18.2 Å². The standard InChI is InChI=1S/C21H23FN8O2/c1-21(2)14-4-3-12(9-15(14)26-19(21)31)25-20(22)27-18-17(24-5-6-29(18)23)16-10-13-11-32-8-7-30(13)28-16/h3-6,9-10,20,25H,7-8,11,23H2,1-2H3,(H,26,31). The first-order chi connectivity index (χ1) is 15.3. The third kappa shape index (κ3) is 3.40. The molecule has 0 radical (unpaired) electrons. The Labute approximate surface area is 182 Å². The van der Waals surface area contributed by atoms with Crippen LogP contribution in [0.15, 0.2) is 41.7 Å². The van der Waals surface area contributed by atoms with Gasteiger partial charge in [-0.05, 0) is 37.6 Å². The smallest absolute Gasteiger partial charge is 0.266 e. The number of carbonyl (C=O) groups is 1. The van der Waals surface area contributed by atoms with E-state index < -0.39 is 11.8 Å². The van der Waals surface area contributed by atoms with Gasteiger partial charge in [0.1, 0.15) is 11.4 Å². The summed E-state index contributed by atoms with van der Waals surface area (Å²) >= 11 is 0. The first-order valence-corrected chi connectivity index (χ1v) is 10.2. The van der Waals surface area contributed by atoms with Crippen LogP contribution in [0.1, 0.15) is 25.1 Å². The summed E-state index contributed by atoms with van der Waals surface area (Å²) in [7, 11) is 0. The lowest BCUT2D eigenvalue weighted by molar-refractivity contribution is -0.119. The van der Waals surface area contributed by atoms with Crippen LogP contribution in [0.2, 0.25) is 0 Å². The normalized spacial score (nSPS) is 18.1. The second-order valence-electron chi connectivity index (χ2n) is 8.25. The van der Waals surface area contributed by atoms with Crippen LogP contribution in [0.25, 0.3) is 11.4 Å². The molecule has 166 valence electrons. The fourth-order valence-electron chi connectivity index (χ4n) is 3.91. The number of nitrogen functional groups attached to an aromatic ring is 1. The number of hydrogen-bond acceptors (Lipinski definition) is 7. The van der Waals surface area contributed by atoms with Crippen molar-refractivity contribution in [2.24, 2.45) is 4.99 Å². The number of amides is 1. The molecule has 1 aromatic carbocycles. The largest absolute Gasteiger partial charge is 0.373 e. The SMILES string of the molecule is CC1(C)C(=O)Nc2cc(NC(F)N=c3c(-c4cc5n(n4)CCOC5)nccn3N)ccc21. The third-order valence-electron chi connectivity index (χ3n) is 5.72. The van der Waals surface area contributed by atoms with E-state index in [4.69, 9.17) is 10.6 Å². The highest BCUT2D eigenvalue weighted by atomic mass is 19.1. The Balaban J connectivity index is 1.45. The van der Waals surface area contributed by atoms with Crippen LogP contribution in [-0.2, 0) is 28.1 Å². The predicted octanol–water partition coefficient (Wildman–Crippen LogP) is 1.49. The highest BCUT2D eigenvalue weighted by Crippen LogP contribution is 2.38. The van der Waals surface area contributed by atoms with Crippen LogP contribution in [-0.4, -0.2) is 38.4 Å². The molecular formula is C21H23FN8O2. The molecule has 2 aromatic heterocycles. The number of ether oxygens (including phenoxy) is 1. The van der Waals surface area contributed by atoms with Gasteiger partial charge < -0.3 is 21.2 Å². The van der Waals surface area contributed by atoms with E-state index in [0.29, 0.717) is 42.5 Å². The minimum absolute atomic E-state index is 0.0940. The molecule has 0 aliphatic carbocycles. The van der Waals surface area contributed by atoms with Gasteiger partial charge in [0.05, 0.1) is 30.9 Å². The molecule has 2 aliphatic heterocycles. The molecule has 1 atom stereocenters. The average Bonchev–Trinajstić information content (AvgIpc) is 3.28. The molecule has 3 aromatic rings. The Morgan fingerprint density at radius 2 is 2.22 bits per heavy atom. The van der Waals surface area contributed by atoms with Crippen LogP contribution in [0.4, 0.5) is 15.8 Å². The van der Waals surface area contributed by atoms with Crippen LogP contribution >= 0.6 is 0 Å². The first kappa shape index (κ1) is 20.2. The number of hydrogen-bond donors (Lipinski definition) is 3. The molecule has 0 bridgehead atoms. The van der Waals surface area contributed by atoms with Crippen molar-refractivity contribution in [3.63, 3.8) is 0 Å². The van der Waals surface area contributed by atoms with E-state index in [1.165, 1.54) is 17.1 Å². The molecule has 4 N–H and O–H groups in total. The molecule has 0 saturated carbocycles. The zero-order valence-electron chi connectivity index (χ0n) is 17.7. The molecule has 1 unspecified atom stereocenters. The van der Waals surface area contributed by atoms with Crippen LogP contribution in [0.3, 0.4) is 0 Å². The zero-order valence-corrected chi connectivity index (χ0v) is 17.7. The topological polar surface area (TPSA) is 124 Å². The number of aromatic nitrogens is 4. The molecule has 0 spiro atoms. The minimum atomic E-state index is -1.81. The van der Waals surface area contributed by atoms with Gasteiger partial charge >= 0.3 is 0 Å². The van der Waals surface area contributed by atoms with Crippen molar-refractivity contribution >= 4 is 17.3 Å². The Morgan fingerprint density at radius 3 is 3.03 bits per heavy atom. The Bertz CT molecular complexity index is 1260. The Morgan fingerprint density at radius 1 is 1.38 bits per heavy atom. The van der Waals surface area contributed by atoms with Gasteiger partial charge in [0.15, 0.2) is 5.49 Å². The van der Waals surface area contributed by atoms with E-state index in [2.05, 4.69) is 25.7 Å². The minimum Gasteiger partial charge on any atom is -0.373 e. The van der Waals surface area contributed by atoms with Crippen molar-refractivity contribution in [1.82, 2.24) is 19.4 Å². The number of alkyl halides is 1.